The molecule has 0 radical (unpaired) electrons. The fourth-order valence-electron chi connectivity index (χ4n) is 2.86. The Labute approximate surface area is 116 Å². The Hall–Kier alpha value is -2.62. The topological polar surface area (TPSA) is 46.5 Å². The van der Waals surface area contributed by atoms with Crippen molar-refractivity contribution in [3.63, 3.8) is 0 Å². The number of aromatic amines is 1. The number of rotatable bonds is 2. The van der Waals surface area contributed by atoms with E-state index in [1.807, 2.05) is 30.7 Å². The molecule has 1 N–H and O–H groups in total. The highest BCUT2D eigenvalue weighted by molar-refractivity contribution is 5.75. The van der Waals surface area contributed by atoms with Gasteiger partial charge in [-0.3, -0.25) is 0 Å². The van der Waals surface area contributed by atoms with Gasteiger partial charge in [-0.15, -0.1) is 0 Å². The number of benzene rings is 1. The van der Waals surface area contributed by atoms with Crippen LogP contribution in [0.3, 0.4) is 0 Å². The van der Waals surface area contributed by atoms with Crippen molar-refractivity contribution in [2.75, 3.05) is 0 Å². The van der Waals surface area contributed by atoms with Gasteiger partial charge < -0.3 is 9.55 Å². The molecule has 0 aliphatic heterocycles. The zero-order valence-corrected chi connectivity index (χ0v) is 10.9. The molecule has 4 heteroatoms. The van der Waals surface area contributed by atoms with Gasteiger partial charge in [0.05, 0.1) is 17.4 Å². The van der Waals surface area contributed by atoms with Crippen LogP contribution in [0.4, 0.5) is 0 Å². The number of nitrogens with one attached hydrogen (secondary N) is 1. The average molecular weight is 262 g/mol. The number of nitrogens with zero attached hydrogens (tertiary/aromatic N) is 3. The normalized spacial score (nSPS) is 21.6. The molecule has 1 aromatic carbocycles. The molecule has 20 heavy (non-hydrogen) atoms. The van der Waals surface area contributed by atoms with Crippen LogP contribution in [-0.2, 0) is 5.54 Å². The fraction of sp³-hybridized carbons (Fsp3) is 0.125. The van der Waals surface area contributed by atoms with Crippen molar-refractivity contribution in [3.8, 4) is 0 Å². The molecule has 1 aliphatic rings. The van der Waals surface area contributed by atoms with Crippen LogP contribution in [0.2, 0.25) is 0 Å². The molecule has 1 aliphatic carbocycles. The van der Waals surface area contributed by atoms with Crippen LogP contribution in [-0.4, -0.2) is 19.5 Å². The van der Waals surface area contributed by atoms with E-state index < -0.39 is 0 Å². The summed E-state index contributed by atoms with van der Waals surface area (Å²) in [7, 11) is 0. The summed E-state index contributed by atoms with van der Waals surface area (Å²) in [5.74, 6) is 0.932. The van der Waals surface area contributed by atoms with Crippen LogP contribution in [0.15, 0.2) is 67.3 Å². The molecule has 1 unspecified atom stereocenters. The van der Waals surface area contributed by atoms with Gasteiger partial charge in [-0.1, -0.05) is 36.4 Å². The van der Waals surface area contributed by atoms with E-state index >= 15 is 0 Å². The van der Waals surface area contributed by atoms with Gasteiger partial charge >= 0.3 is 0 Å². The summed E-state index contributed by atoms with van der Waals surface area (Å²) in [6, 6.07) is 8.18. The summed E-state index contributed by atoms with van der Waals surface area (Å²) in [6.07, 6.45) is 14.9. The van der Waals surface area contributed by atoms with Gasteiger partial charge in [0.1, 0.15) is 11.4 Å². The van der Waals surface area contributed by atoms with E-state index in [2.05, 4.69) is 49.9 Å². The highest BCUT2D eigenvalue weighted by atomic mass is 15.2. The summed E-state index contributed by atoms with van der Waals surface area (Å²) in [4.78, 5) is 12.3. The number of imidazole rings is 2. The van der Waals surface area contributed by atoms with Gasteiger partial charge in [-0.25, -0.2) is 9.97 Å². The molecule has 0 fully saturated rings. The monoisotopic (exact) mass is 262 g/mol. The number of para-hydroxylation sites is 2. The van der Waals surface area contributed by atoms with Gasteiger partial charge in [-0.2, -0.15) is 0 Å². The molecule has 2 aromatic heterocycles. The second-order valence-corrected chi connectivity index (χ2v) is 4.96. The molecule has 0 saturated carbocycles. The smallest absolute Gasteiger partial charge is 0.136 e. The van der Waals surface area contributed by atoms with E-state index in [0.29, 0.717) is 0 Å². The first-order valence-electron chi connectivity index (χ1n) is 6.67. The maximum atomic E-state index is 4.51. The lowest BCUT2D eigenvalue weighted by Gasteiger charge is -2.31. The Bertz CT molecular complexity index is 795. The van der Waals surface area contributed by atoms with Crippen molar-refractivity contribution in [3.05, 3.63) is 73.1 Å². The third kappa shape index (κ3) is 1.48. The third-order valence-electron chi connectivity index (χ3n) is 3.84. The molecule has 2 heterocycles. The maximum absolute atomic E-state index is 4.51. The lowest BCUT2D eigenvalue weighted by Crippen LogP contribution is -2.34. The van der Waals surface area contributed by atoms with E-state index in [9.17, 15) is 0 Å². The number of aromatic nitrogens is 4. The number of hydrogen-bond donors (Lipinski definition) is 1. The zero-order valence-electron chi connectivity index (χ0n) is 10.9. The summed E-state index contributed by atoms with van der Waals surface area (Å²) in [6.45, 7) is 0. The van der Waals surface area contributed by atoms with Gasteiger partial charge in [0, 0.05) is 18.8 Å². The summed E-state index contributed by atoms with van der Waals surface area (Å²) >= 11 is 0. The highest BCUT2D eigenvalue weighted by Gasteiger charge is 2.35. The van der Waals surface area contributed by atoms with Crippen molar-refractivity contribution >= 4 is 11.0 Å². The Morgan fingerprint density at radius 3 is 2.90 bits per heavy atom. The van der Waals surface area contributed by atoms with E-state index in [-0.39, 0.29) is 5.54 Å². The van der Waals surface area contributed by atoms with Crippen LogP contribution < -0.4 is 0 Å². The van der Waals surface area contributed by atoms with Crippen molar-refractivity contribution in [1.29, 1.82) is 0 Å². The average Bonchev–Trinajstić information content (AvgIpc) is 3.18. The largest absolute Gasteiger partial charge is 0.346 e. The molecule has 1 atom stereocenters. The first kappa shape index (κ1) is 11.2. The van der Waals surface area contributed by atoms with Crippen LogP contribution in [0.1, 0.15) is 12.2 Å². The van der Waals surface area contributed by atoms with Gasteiger partial charge in [0.2, 0.25) is 0 Å². The third-order valence-corrected chi connectivity index (χ3v) is 3.84. The quantitative estimate of drug-likeness (QED) is 0.771. The predicted molar refractivity (Wildman–Crippen MR) is 78.3 cm³/mol. The zero-order chi connectivity index (χ0) is 13.4. The Morgan fingerprint density at radius 1 is 1.15 bits per heavy atom. The van der Waals surface area contributed by atoms with E-state index in [4.69, 9.17) is 0 Å². The second-order valence-electron chi connectivity index (χ2n) is 4.96. The standard InChI is InChI=1S/C16H14N4/c1-4-8-16(9-5-1,15-17-10-11-18-15)20-12-19-13-6-2-3-7-14(13)20/h1-8,10-12H,9H2,(H,17,18). The fourth-order valence-corrected chi connectivity index (χ4v) is 2.86. The summed E-state index contributed by atoms with van der Waals surface area (Å²) in [5.41, 5.74) is 1.79. The Kier molecular flexibility index (Phi) is 2.36. The minimum atomic E-state index is -0.325. The Morgan fingerprint density at radius 2 is 2.10 bits per heavy atom. The molecular formula is C16H14N4. The Balaban J connectivity index is 2.00. The highest BCUT2D eigenvalue weighted by Crippen LogP contribution is 2.34. The number of H-pyrrole nitrogens is 1. The molecular weight excluding hydrogens is 248 g/mol. The van der Waals surface area contributed by atoms with E-state index in [0.717, 1.165) is 23.3 Å². The number of fused-ring (bicyclic) bond motifs is 1. The molecule has 0 saturated heterocycles. The lowest BCUT2D eigenvalue weighted by atomic mass is 9.89. The van der Waals surface area contributed by atoms with E-state index in [1.54, 1.807) is 6.20 Å². The summed E-state index contributed by atoms with van der Waals surface area (Å²) in [5, 5.41) is 0. The molecule has 4 rings (SSSR count). The molecule has 4 nitrogen and oxygen atoms in total. The number of hydrogen-bond acceptors (Lipinski definition) is 2. The first-order valence-corrected chi connectivity index (χ1v) is 6.67. The molecule has 0 spiro atoms. The molecule has 0 amide bonds. The van der Waals surface area contributed by atoms with Crippen LogP contribution >= 0.6 is 0 Å². The first-order chi connectivity index (χ1) is 9.90. The lowest BCUT2D eigenvalue weighted by molar-refractivity contribution is 0.437. The van der Waals surface area contributed by atoms with Gasteiger partial charge in [0.15, 0.2) is 0 Å². The predicted octanol–water partition coefficient (Wildman–Crippen LogP) is 3.02. The van der Waals surface area contributed by atoms with E-state index in [1.165, 1.54) is 0 Å². The van der Waals surface area contributed by atoms with Crippen LogP contribution in [0.25, 0.3) is 11.0 Å². The minimum absolute atomic E-state index is 0.325. The minimum Gasteiger partial charge on any atom is -0.346 e. The van der Waals surface area contributed by atoms with Crippen molar-refractivity contribution in [1.82, 2.24) is 19.5 Å². The van der Waals surface area contributed by atoms with Crippen molar-refractivity contribution in [2.24, 2.45) is 0 Å². The molecule has 0 bridgehead atoms. The van der Waals surface area contributed by atoms with Gasteiger partial charge in [0.25, 0.3) is 0 Å². The molecule has 3 aromatic rings. The second kappa shape index (κ2) is 4.20. The van der Waals surface area contributed by atoms with Crippen LogP contribution in [0, 0.1) is 0 Å². The van der Waals surface area contributed by atoms with Crippen molar-refractivity contribution < 1.29 is 0 Å². The number of allylic oxidation sites excluding steroid dienone is 4. The molecule has 98 valence electrons. The van der Waals surface area contributed by atoms with Crippen molar-refractivity contribution in [2.45, 2.75) is 12.0 Å². The SMILES string of the molecule is C1=CCC(c2ncc[nH]2)(n2cnc3ccccc32)C=C1. The summed E-state index contributed by atoms with van der Waals surface area (Å²) < 4.78 is 2.20. The van der Waals surface area contributed by atoms with Gasteiger partial charge in [-0.05, 0) is 12.1 Å². The van der Waals surface area contributed by atoms with Crippen LogP contribution in [0.5, 0.6) is 0 Å². The maximum Gasteiger partial charge on any atom is 0.136 e.